The number of carbonyl (C=O) groups excluding carboxylic acids is 4. The molecule has 0 saturated heterocycles. The maximum absolute atomic E-state index is 13.1. The predicted octanol–water partition coefficient (Wildman–Crippen LogP) is 21.5. The van der Waals surface area contributed by atoms with Gasteiger partial charge < -0.3 is 33.8 Å². The van der Waals surface area contributed by atoms with E-state index in [1.165, 1.54) is 161 Å². The summed E-state index contributed by atoms with van der Waals surface area (Å²) in [5.74, 6) is -0.632. The average molecular weight is 1380 g/mol. The van der Waals surface area contributed by atoms with Crippen molar-refractivity contribution in [2.24, 2.45) is 11.8 Å². The lowest BCUT2D eigenvalue weighted by atomic mass is 10.0. The van der Waals surface area contributed by atoms with E-state index in [9.17, 15) is 43.2 Å². The summed E-state index contributed by atoms with van der Waals surface area (Å²) in [4.78, 5) is 72.7. The summed E-state index contributed by atoms with van der Waals surface area (Å²) in [6, 6.07) is 0. The molecule has 0 fully saturated rings. The fraction of sp³-hybridized carbons (Fsp3) is 0.893. The quantitative estimate of drug-likeness (QED) is 0.0169. The number of rotatable bonds is 72. The van der Waals surface area contributed by atoms with E-state index in [2.05, 4.69) is 65.8 Å². The lowest BCUT2D eigenvalue weighted by Gasteiger charge is -2.21. The molecule has 0 saturated carbocycles. The minimum Gasteiger partial charge on any atom is -0.462 e. The monoisotopic (exact) mass is 1380 g/mol. The molecule has 2 unspecified atom stereocenters. The van der Waals surface area contributed by atoms with Crippen LogP contribution >= 0.6 is 15.6 Å². The third kappa shape index (κ3) is 68.1. The number of phosphoric acid groups is 2. The van der Waals surface area contributed by atoms with E-state index in [1.54, 1.807) is 0 Å². The number of esters is 4. The second kappa shape index (κ2) is 66.4. The van der Waals surface area contributed by atoms with Crippen LogP contribution < -0.4 is 0 Å². The van der Waals surface area contributed by atoms with Gasteiger partial charge in [-0.3, -0.25) is 37.3 Å². The summed E-state index contributed by atoms with van der Waals surface area (Å²) in [5, 5.41) is 10.6. The van der Waals surface area contributed by atoms with Gasteiger partial charge in [-0.1, -0.05) is 310 Å². The molecule has 0 aliphatic carbocycles. The van der Waals surface area contributed by atoms with Crippen LogP contribution in [0.2, 0.25) is 0 Å². The van der Waals surface area contributed by atoms with Gasteiger partial charge in [0.2, 0.25) is 0 Å². The van der Waals surface area contributed by atoms with Gasteiger partial charge in [0.15, 0.2) is 12.2 Å². The Morgan fingerprint density at radius 1 is 0.330 bits per heavy atom. The van der Waals surface area contributed by atoms with Gasteiger partial charge >= 0.3 is 39.5 Å². The van der Waals surface area contributed by atoms with Gasteiger partial charge in [0, 0.05) is 25.7 Å². The Morgan fingerprint density at radius 2 is 0.574 bits per heavy atom. The Morgan fingerprint density at radius 3 is 0.872 bits per heavy atom. The van der Waals surface area contributed by atoms with Crippen LogP contribution in [0.1, 0.15) is 363 Å². The molecule has 0 aromatic heterocycles. The third-order valence-electron chi connectivity index (χ3n) is 16.8. The Kier molecular flexibility index (Phi) is 64.7. The maximum Gasteiger partial charge on any atom is 0.472 e. The normalized spacial score (nSPS) is 14.2. The number of aliphatic hydroxyl groups excluding tert-OH is 1. The first kappa shape index (κ1) is 91.5. The van der Waals surface area contributed by atoms with Gasteiger partial charge in [-0.05, 0) is 63.2 Å². The van der Waals surface area contributed by atoms with E-state index in [0.29, 0.717) is 31.6 Å². The van der Waals surface area contributed by atoms with Crippen molar-refractivity contribution in [2.75, 3.05) is 39.6 Å². The van der Waals surface area contributed by atoms with Crippen molar-refractivity contribution in [3.63, 3.8) is 0 Å². The largest absolute Gasteiger partial charge is 0.472 e. The molecule has 5 atom stereocenters. The van der Waals surface area contributed by atoms with Crippen LogP contribution in [-0.4, -0.2) is 96.7 Å². The smallest absolute Gasteiger partial charge is 0.462 e. The minimum atomic E-state index is -4.96. The Labute approximate surface area is 573 Å². The first-order valence-corrected chi connectivity index (χ1v) is 41.3. The Bertz CT molecular complexity index is 1910. The van der Waals surface area contributed by atoms with Gasteiger partial charge in [0.1, 0.15) is 19.3 Å². The minimum absolute atomic E-state index is 0.101. The highest BCUT2D eigenvalue weighted by Gasteiger charge is 2.30. The second-order valence-electron chi connectivity index (χ2n) is 27.3. The number of aliphatic hydroxyl groups is 1. The molecule has 0 spiro atoms. The van der Waals surface area contributed by atoms with Crippen molar-refractivity contribution in [2.45, 2.75) is 381 Å². The van der Waals surface area contributed by atoms with Gasteiger partial charge in [-0.15, -0.1) is 0 Å². The van der Waals surface area contributed by atoms with E-state index < -0.39 is 97.5 Å². The van der Waals surface area contributed by atoms with Gasteiger partial charge in [-0.2, -0.15) is 0 Å². The molecule has 0 amide bonds. The van der Waals surface area contributed by atoms with Crippen molar-refractivity contribution in [1.29, 1.82) is 0 Å². The van der Waals surface area contributed by atoms with E-state index in [4.69, 9.17) is 37.0 Å². The number of ether oxygens (including phenoxy) is 4. The predicted molar refractivity (Wildman–Crippen MR) is 381 cm³/mol. The molecular formula is C75H142O17P2. The second-order valence-corrected chi connectivity index (χ2v) is 30.2. The highest BCUT2D eigenvalue weighted by Crippen LogP contribution is 2.45. The summed E-state index contributed by atoms with van der Waals surface area (Å²) in [5.41, 5.74) is 0. The highest BCUT2D eigenvalue weighted by molar-refractivity contribution is 7.47. The summed E-state index contributed by atoms with van der Waals surface area (Å²) >= 11 is 0. The Hall–Kier alpha value is -2.46. The van der Waals surface area contributed by atoms with E-state index in [1.807, 2.05) is 0 Å². The lowest BCUT2D eigenvalue weighted by molar-refractivity contribution is -0.161. The molecule has 554 valence electrons. The third-order valence-corrected chi connectivity index (χ3v) is 18.7. The van der Waals surface area contributed by atoms with Gasteiger partial charge in [0.25, 0.3) is 0 Å². The summed E-state index contributed by atoms with van der Waals surface area (Å²) < 4.78 is 68.4. The van der Waals surface area contributed by atoms with Crippen molar-refractivity contribution in [3.05, 3.63) is 24.3 Å². The maximum atomic E-state index is 13.1. The van der Waals surface area contributed by atoms with Crippen LogP contribution in [0.5, 0.6) is 0 Å². The molecular weight excluding hydrogens is 1230 g/mol. The SMILES string of the molecule is CCCCCC/C=C\C=C/CCCCCCCC(=O)OC[C@H](COP(=O)(O)OC[C@@H](O)COP(=O)(O)OC[C@@H](COC(=O)CCCCCCCCCCCC)OC(=O)CCCCCCCCCCC(C)C)OC(=O)CCCCCCCCCCCCCCCCCC(C)C. The molecule has 17 nitrogen and oxygen atoms in total. The standard InChI is InChI=1S/C75H142O17P2/c1-7-9-11-13-15-17-19-20-22-26-29-33-40-46-52-58-73(78)86-63-70(91-74(79)59-53-47-41-34-30-27-24-21-23-25-28-31-37-43-49-55-67(3)4)65-89-93(81,82)87-61-69(76)62-88-94(83,84)90-66-71(64-85-72(77)57-51-45-39-32-18-16-14-12-10-8-2)92-75(80)60-54-48-42-36-35-38-44-50-56-68(5)6/h17,19-20,22,67-71,76H,7-16,18,21,23-66H2,1-6H3,(H,81,82)(H,83,84)/b19-17-,22-20-/t69-,70-,71-/m1/s1. The van der Waals surface area contributed by atoms with E-state index in [0.717, 1.165) is 115 Å². The van der Waals surface area contributed by atoms with Crippen LogP contribution in [0.3, 0.4) is 0 Å². The first-order valence-electron chi connectivity index (χ1n) is 38.3. The molecule has 0 aromatic rings. The van der Waals surface area contributed by atoms with E-state index >= 15 is 0 Å². The van der Waals surface area contributed by atoms with Crippen LogP contribution in [0.25, 0.3) is 0 Å². The first-order chi connectivity index (χ1) is 45.4. The van der Waals surface area contributed by atoms with Crippen molar-refractivity contribution in [3.8, 4) is 0 Å². The number of hydrogen-bond donors (Lipinski definition) is 3. The molecule has 0 aliphatic heterocycles. The van der Waals surface area contributed by atoms with Crippen LogP contribution in [-0.2, 0) is 65.4 Å². The molecule has 0 heterocycles. The number of unbranched alkanes of at least 4 members (excludes halogenated alkanes) is 39. The topological polar surface area (TPSA) is 237 Å². The number of carbonyl (C=O) groups is 4. The fourth-order valence-electron chi connectivity index (χ4n) is 10.9. The van der Waals surface area contributed by atoms with Crippen molar-refractivity contribution >= 4 is 39.5 Å². The Balaban J connectivity index is 5.27. The van der Waals surface area contributed by atoms with Gasteiger partial charge in [0.05, 0.1) is 26.4 Å². The van der Waals surface area contributed by atoms with Crippen LogP contribution in [0.15, 0.2) is 24.3 Å². The molecule has 0 rings (SSSR count). The van der Waals surface area contributed by atoms with Crippen molar-refractivity contribution in [1.82, 2.24) is 0 Å². The summed E-state index contributed by atoms with van der Waals surface area (Å²) in [6.45, 7) is 9.49. The molecule has 94 heavy (non-hydrogen) atoms. The summed E-state index contributed by atoms with van der Waals surface area (Å²) in [7, 11) is -9.92. The molecule has 19 heteroatoms. The van der Waals surface area contributed by atoms with E-state index in [-0.39, 0.29) is 25.7 Å². The zero-order valence-electron chi connectivity index (χ0n) is 60.7. The zero-order valence-corrected chi connectivity index (χ0v) is 62.5. The van der Waals surface area contributed by atoms with Crippen LogP contribution in [0, 0.1) is 11.8 Å². The molecule has 3 N–H and O–H groups in total. The molecule has 0 aliphatic rings. The van der Waals surface area contributed by atoms with Crippen molar-refractivity contribution < 1.29 is 80.2 Å². The summed E-state index contributed by atoms with van der Waals surface area (Å²) in [6.07, 6.45) is 56.3. The van der Waals surface area contributed by atoms with Gasteiger partial charge in [-0.25, -0.2) is 9.13 Å². The molecule has 0 aromatic carbocycles. The molecule has 0 bridgehead atoms. The highest BCUT2D eigenvalue weighted by atomic mass is 31.2. The number of hydrogen-bond acceptors (Lipinski definition) is 15. The zero-order chi connectivity index (χ0) is 69.3. The number of phosphoric ester groups is 2. The fourth-order valence-corrected chi connectivity index (χ4v) is 12.5. The lowest BCUT2D eigenvalue weighted by Crippen LogP contribution is -2.30. The molecule has 0 radical (unpaired) electrons. The number of allylic oxidation sites excluding steroid dienone is 4. The average Bonchev–Trinajstić information content (AvgIpc) is 1.86. The van der Waals surface area contributed by atoms with Crippen LogP contribution in [0.4, 0.5) is 0 Å².